The fraction of sp³-hybridized carbons (Fsp3) is 0.200. The lowest BCUT2D eigenvalue weighted by atomic mass is 9.92. The maximum atomic E-state index is 8.46. The molecule has 10 heavy (non-hydrogen) atoms. The van der Waals surface area contributed by atoms with Gasteiger partial charge in [-0.05, 0) is 5.46 Å². The van der Waals surface area contributed by atoms with Crippen molar-refractivity contribution in [3.63, 3.8) is 0 Å². The summed E-state index contributed by atoms with van der Waals surface area (Å²) in [6, 6.07) is 0.297. The van der Waals surface area contributed by atoms with Crippen molar-refractivity contribution >= 4 is 12.9 Å². The highest BCUT2D eigenvalue weighted by Crippen LogP contribution is 1.92. The van der Waals surface area contributed by atoms with E-state index in [2.05, 4.69) is 9.97 Å². The van der Waals surface area contributed by atoms with Gasteiger partial charge in [0, 0.05) is 12.4 Å². The Bertz CT molecular complexity index is 178. The number of methoxy groups -OCH3 is 1. The summed E-state index contributed by atoms with van der Waals surface area (Å²) in [5.74, 6) is 0. The minimum atomic E-state index is 0.297. The van der Waals surface area contributed by atoms with E-state index in [0.29, 0.717) is 11.5 Å². The van der Waals surface area contributed by atoms with Gasteiger partial charge in [0.25, 0.3) is 0 Å². The van der Waals surface area contributed by atoms with Crippen LogP contribution in [0.15, 0.2) is 12.4 Å². The third-order valence-electron chi connectivity index (χ3n) is 0.980. The highest BCUT2D eigenvalue weighted by Gasteiger charge is 1.95. The molecule has 0 aliphatic heterocycles. The minimum absolute atomic E-state index is 0.297. The van der Waals surface area contributed by atoms with E-state index in [-0.39, 0.29) is 0 Å². The summed E-state index contributed by atoms with van der Waals surface area (Å²) in [6.45, 7) is 0. The molecule has 0 aromatic carbocycles. The van der Waals surface area contributed by atoms with Gasteiger partial charge in [0.05, 0.1) is 7.11 Å². The van der Waals surface area contributed by atoms with E-state index in [1.54, 1.807) is 0 Å². The van der Waals surface area contributed by atoms with Crippen molar-refractivity contribution in [3.05, 3.63) is 12.4 Å². The van der Waals surface area contributed by atoms with Crippen LogP contribution in [0, 0.1) is 0 Å². The van der Waals surface area contributed by atoms with Gasteiger partial charge in [-0.1, -0.05) is 0 Å². The monoisotopic (exact) mass is 137 g/mol. The largest absolute Gasteiger partial charge is 0.467 e. The van der Waals surface area contributed by atoms with Crippen LogP contribution in [0.25, 0.3) is 0 Å². The summed E-state index contributed by atoms with van der Waals surface area (Å²) in [4.78, 5) is 7.49. The lowest BCUT2D eigenvalue weighted by molar-refractivity contribution is 0.380. The van der Waals surface area contributed by atoms with Gasteiger partial charge >= 0.3 is 13.5 Å². The van der Waals surface area contributed by atoms with E-state index in [1.807, 2.05) is 0 Å². The molecule has 1 N–H and O–H groups in total. The number of hydrogen-bond acceptors (Lipinski definition) is 4. The van der Waals surface area contributed by atoms with Crippen LogP contribution >= 0.6 is 0 Å². The van der Waals surface area contributed by atoms with Crippen LogP contribution in [-0.4, -0.2) is 29.6 Å². The van der Waals surface area contributed by atoms with Crippen LogP contribution in [0.3, 0.4) is 0 Å². The first-order valence-electron chi connectivity index (χ1n) is 2.70. The normalized spacial score (nSPS) is 9.00. The first kappa shape index (κ1) is 7.02. The Kier molecular flexibility index (Phi) is 2.22. The van der Waals surface area contributed by atoms with E-state index >= 15 is 0 Å². The van der Waals surface area contributed by atoms with Crippen LogP contribution in [0.5, 0.6) is 6.01 Å². The quantitative estimate of drug-likeness (QED) is 0.516. The lowest BCUT2D eigenvalue weighted by Gasteiger charge is -1.95. The van der Waals surface area contributed by atoms with Crippen molar-refractivity contribution in [2.45, 2.75) is 0 Å². The molecular formula is C5H6BN2O2. The van der Waals surface area contributed by atoms with E-state index < -0.39 is 0 Å². The van der Waals surface area contributed by atoms with Crippen molar-refractivity contribution in [1.82, 2.24) is 9.97 Å². The van der Waals surface area contributed by atoms with Crippen LogP contribution < -0.4 is 10.2 Å². The third-order valence-corrected chi connectivity index (χ3v) is 0.980. The van der Waals surface area contributed by atoms with E-state index in [1.165, 1.54) is 19.5 Å². The Morgan fingerprint density at radius 1 is 1.50 bits per heavy atom. The average molecular weight is 137 g/mol. The SMILES string of the molecule is COc1ncc([B]O)cn1. The smallest absolute Gasteiger partial charge is 0.329 e. The zero-order valence-electron chi connectivity index (χ0n) is 5.48. The number of aromatic nitrogens is 2. The molecule has 0 saturated heterocycles. The second-order valence-electron chi connectivity index (χ2n) is 1.63. The fourth-order valence-electron chi connectivity index (χ4n) is 0.498. The van der Waals surface area contributed by atoms with Gasteiger partial charge in [0.1, 0.15) is 0 Å². The Morgan fingerprint density at radius 2 is 2.10 bits per heavy atom. The number of ether oxygens (including phenoxy) is 1. The average Bonchev–Trinajstić information content (AvgIpc) is 2.05. The summed E-state index contributed by atoms with van der Waals surface area (Å²) in [6.07, 6.45) is 2.93. The predicted molar refractivity (Wildman–Crippen MR) is 36.2 cm³/mol. The molecule has 0 aliphatic carbocycles. The number of hydrogen-bond donors (Lipinski definition) is 1. The molecule has 0 saturated carbocycles. The topological polar surface area (TPSA) is 55.2 Å². The minimum Gasteiger partial charge on any atom is -0.467 e. The lowest BCUT2D eigenvalue weighted by Crippen LogP contribution is -2.14. The standard InChI is InChI=1S/C5H6BN2O2/c1-10-5-7-2-4(6-9)3-8-5/h2-3,9H,1H3. The summed E-state index contributed by atoms with van der Waals surface area (Å²) >= 11 is 0. The molecular weight excluding hydrogens is 131 g/mol. The molecule has 1 aromatic rings. The Hall–Kier alpha value is -1.10. The van der Waals surface area contributed by atoms with Gasteiger partial charge in [-0.3, -0.25) is 0 Å². The molecule has 51 valence electrons. The summed E-state index contributed by atoms with van der Waals surface area (Å²) < 4.78 is 4.70. The Labute approximate surface area is 59.2 Å². The molecule has 0 aliphatic rings. The number of nitrogens with zero attached hydrogens (tertiary/aromatic N) is 2. The van der Waals surface area contributed by atoms with E-state index in [9.17, 15) is 0 Å². The van der Waals surface area contributed by atoms with Crippen LogP contribution in [-0.2, 0) is 0 Å². The Balaban J connectivity index is 2.80. The third kappa shape index (κ3) is 1.45. The molecule has 1 heterocycles. The Morgan fingerprint density at radius 3 is 2.50 bits per heavy atom. The van der Waals surface area contributed by atoms with Gasteiger partial charge in [-0.2, -0.15) is 0 Å². The molecule has 1 aromatic heterocycles. The van der Waals surface area contributed by atoms with E-state index in [0.717, 1.165) is 7.48 Å². The highest BCUT2D eigenvalue weighted by molar-refractivity contribution is 6.45. The highest BCUT2D eigenvalue weighted by atomic mass is 16.5. The molecule has 1 radical (unpaired) electrons. The molecule has 0 fully saturated rings. The van der Waals surface area contributed by atoms with Crippen molar-refractivity contribution in [3.8, 4) is 6.01 Å². The number of rotatable bonds is 2. The first-order valence-corrected chi connectivity index (χ1v) is 2.70. The zero-order chi connectivity index (χ0) is 7.40. The second-order valence-corrected chi connectivity index (χ2v) is 1.63. The van der Waals surface area contributed by atoms with E-state index in [4.69, 9.17) is 9.76 Å². The second kappa shape index (κ2) is 3.17. The van der Waals surface area contributed by atoms with Crippen molar-refractivity contribution < 1.29 is 9.76 Å². The molecule has 5 heteroatoms. The van der Waals surface area contributed by atoms with Crippen molar-refractivity contribution in [2.24, 2.45) is 0 Å². The molecule has 0 atom stereocenters. The molecule has 0 unspecified atom stereocenters. The zero-order valence-corrected chi connectivity index (χ0v) is 5.48. The maximum Gasteiger partial charge on any atom is 0.329 e. The molecule has 1 rings (SSSR count). The molecule has 0 bridgehead atoms. The van der Waals surface area contributed by atoms with Crippen LogP contribution in [0.4, 0.5) is 0 Å². The maximum absolute atomic E-state index is 8.46. The van der Waals surface area contributed by atoms with Gasteiger partial charge in [0.2, 0.25) is 0 Å². The van der Waals surface area contributed by atoms with Gasteiger partial charge in [-0.25, -0.2) is 9.97 Å². The van der Waals surface area contributed by atoms with Crippen molar-refractivity contribution in [1.29, 1.82) is 0 Å². The molecule has 0 amide bonds. The molecule has 4 nitrogen and oxygen atoms in total. The summed E-state index contributed by atoms with van der Waals surface area (Å²) in [5.41, 5.74) is 0.556. The van der Waals surface area contributed by atoms with Gasteiger partial charge in [-0.15, -0.1) is 0 Å². The molecule has 0 spiro atoms. The predicted octanol–water partition coefficient (Wildman–Crippen LogP) is -1.28. The summed E-state index contributed by atoms with van der Waals surface area (Å²) in [7, 11) is 2.41. The van der Waals surface area contributed by atoms with Gasteiger partial charge < -0.3 is 9.76 Å². The van der Waals surface area contributed by atoms with Crippen LogP contribution in [0.1, 0.15) is 0 Å². The van der Waals surface area contributed by atoms with Crippen LogP contribution in [0.2, 0.25) is 0 Å². The summed E-state index contributed by atoms with van der Waals surface area (Å²) in [5, 5.41) is 8.46. The van der Waals surface area contributed by atoms with Crippen molar-refractivity contribution in [2.75, 3.05) is 7.11 Å². The fourth-order valence-corrected chi connectivity index (χ4v) is 0.498. The first-order chi connectivity index (χ1) is 4.86. The van der Waals surface area contributed by atoms with Gasteiger partial charge in [0.15, 0.2) is 0 Å².